The number of H-pyrrole nitrogens is 1. The summed E-state index contributed by atoms with van der Waals surface area (Å²) >= 11 is 0. The van der Waals surface area contributed by atoms with Crippen molar-refractivity contribution in [3.63, 3.8) is 0 Å². The minimum Gasteiger partial charge on any atom is -0.493 e. The number of hydrogen-bond donors (Lipinski definition) is 2. The first-order valence-corrected chi connectivity index (χ1v) is 7.84. The monoisotopic (exact) mass is 336 g/mol. The number of carbonyl (C=O) groups excluding carboxylic acids is 1. The van der Waals surface area contributed by atoms with Crippen LogP contribution in [0.5, 0.6) is 11.5 Å². The lowest BCUT2D eigenvalue weighted by molar-refractivity contribution is 0.102. The smallest absolute Gasteiger partial charge is 0.258 e. The van der Waals surface area contributed by atoms with Crippen molar-refractivity contribution in [3.05, 3.63) is 54.0 Å². The van der Waals surface area contributed by atoms with Gasteiger partial charge in [0.2, 0.25) is 0 Å². The Kier molecular flexibility index (Phi) is 3.81. The Balaban J connectivity index is 1.60. The van der Waals surface area contributed by atoms with E-state index in [1.54, 1.807) is 6.20 Å². The van der Waals surface area contributed by atoms with Gasteiger partial charge >= 0.3 is 0 Å². The zero-order valence-corrected chi connectivity index (χ0v) is 13.6. The van der Waals surface area contributed by atoms with E-state index < -0.39 is 0 Å². The van der Waals surface area contributed by atoms with Crippen LogP contribution in [0.1, 0.15) is 15.9 Å². The van der Waals surface area contributed by atoms with Crippen LogP contribution in [0, 0.1) is 0 Å². The van der Waals surface area contributed by atoms with Crippen molar-refractivity contribution < 1.29 is 14.3 Å². The maximum atomic E-state index is 12.5. The normalized spacial score (nSPS) is 12.4. The van der Waals surface area contributed by atoms with Crippen molar-refractivity contribution in [2.24, 2.45) is 0 Å². The van der Waals surface area contributed by atoms with Crippen LogP contribution in [-0.4, -0.2) is 34.8 Å². The molecule has 1 amide bonds. The van der Waals surface area contributed by atoms with Crippen LogP contribution < -0.4 is 14.8 Å². The molecule has 0 spiro atoms. The van der Waals surface area contributed by atoms with E-state index in [9.17, 15) is 4.79 Å². The van der Waals surface area contributed by atoms with E-state index in [1.165, 1.54) is 25.1 Å². The quantitative estimate of drug-likeness (QED) is 0.764. The van der Waals surface area contributed by atoms with E-state index in [4.69, 9.17) is 9.47 Å². The molecule has 7 heteroatoms. The summed E-state index contributed by atoms with van der Waals surface area (Å²) in [4.78, 5) is 16.7. The molecule has 0 bridgehead atoms. The number of benzene rings is 1. The van der Waals surface area contributed by atoms with E-state index in [0.717, 1.165) is 23.3 Å². The van der Waals surface area contributed by atoms with Gasteiger partial charge in [0.1, 0.15) is 5.75 Å². The lowest BCUT2D eigenvalue weighted by atomic mass is 10.0. The van der Waals surface area contributed by atoms with Crippen LogP contribution >= 0.6 is 0 Å². The van der Waals surface area contributed by atoms with E-state index in [2.05, 4.69) is 26.6 Å². The summed E-state index contributed by atoms with van der Waals surface area (Å²) in [6, 6.07) is 7.82. The average Bonchev–Trinajstić information content (AvgIpc) is 3.29. The number of aromatic nitrogens is 3. The third-order valence-electron chi connectivity index (χ3n) is 4.09. The molecule has 0 atom stereocenters. The third kappa shape index (κ3) is 2.91. The van der Waals surface area contributed by atoms with Crippen molar-refractivity contribution in [3.8, 4) is 22.6 Å². The van der Waals surface area contributed by atoms with E-state index in [-0.39, 0.29) is 5.91 Å². The fraction of sp³-hybridized carbons (Fsp3) is 0.167. The standard InChI is InChI=1S/C18H16N4O3/c1-24-16-10-20-22-17(16)21-18(23)14-7-13(8-19-9-14)11-2-3-15-12(6-11)4-5-25-15/h2-3,6-10H,4-5H2,1H3,(H2,20,21,22,23). The van der Waals surface area contributed by atoms with Gasteiger partial charge in [-0.1, -0.05) is 6.07 Å². The van der Waals surface area contributed by atoms with Gasteiger partial charge in [0, 0.05) is 24.4 Å². The molecule has 1 aromatic carbocycles. The van der Waals surface area contributed by atoms with Crippen LogP contribution in [-0.2, 0) is 6.42 Å². The summed E-state index contributed by atoms with van der Waals surface area (Å²) in [7, 11) is 1.51. The van der Waals surface area contributed by atoms with Gasteiger partial charge in [-0.3, -0.25) is 14.9 Å². The minimum atomic E-state index is -0.290. The number of methoxy groups -OCH3 is 1. The second-order valence-electron chi connectivity index (χ2n) is 5.65. The molecule has 0 radical (unpaired) electrons. The Bertz CT molecular complexity index is 936. The Morgan fingerprint density at radius 3 is 3.04 bits per heavy atom. The number of nitrogens with zero attached hydrogens (tertiary/aromatic N) is 2. The first-order chi connectivity index (χ1) is 12.2. The van der Waals surface area contributed by atoms with E-state index >= 15 is 0 Å². The van der Waals surface area contributed by atoms with Gasteiger partial charge in [-0.25, -0.2) is 0 Å². The second kappa shape index (κ2) is 6.27. The van der Waals surface area contributed by atoms with Crippen molar-refractivity contribution in [1.29, 1.82) is 0 Å². The maximum absolute atomic E-state index is 12.5. The molecular weight excluding hydrogens is 320 g/mol. The number of nitrogens with one attached hydrogen (secondary N) is 2. The largest absolute Gasteiger partial charge is 0.493 e. The van der Waals surface area contributed by atoms with E-state index in [0.29, 0.717) is 23.7 Å². The Labute approximate surface area is 144 Å². The number of hydrogen-bond acceptors (Lipinski definition) is 5. The van der Waals surface area contributed by atoms with Crippen molar-refractivity contribution in [2.75, 3.05) is 19.0 Å². The molecule has 0 aliphatic carbocycles. The van der Waals surface area contributed by atoms with Gasteiger partial charge < -0.3 is 14.8 Å². The molecule has 2 N–H and O–H groups in total. The highest BCUT2D eigenvalue weighted by atomic mass is 16.5. The van der Waals surface area contributed by atoms with Crippen LogP contribution in [0.25, 0.3) is 11.1 Å². The fourth-order valence-electron chi connectivity index (χ4n) is 2.79. The first-order valence-electron chi connectivity index (χ1n) is 7.84. The highest BCUT2D eigenvalue weighted by molar-refractivity contribution is 6.04. The van der Waals surface area contributed by atoms with Crippen LogP contribution in [0.15, 0.2) is 42.9 Å². The van der Waals surface area contributed by atoms with Crippen LogP contribution in [0.2, 0.25) is 0 Å². The molecule has 4 rings (SSSR count). The second-order valence-corrected chi connectivity index (χ2v) is 5.65. The molecular formula is C18H16N4O3. The topological polar surface area (TPSA) is 89.1 Å². The molecule has 0 unspecified atom stereocenters. The SMILES string of the molecule is COc1cn[nH]c1NC(=O)c1cncc(-c2ccc3c(c2)CCO3)c1. The zero-order chi connectivity index (χ0) is 17.2. The lowest BCUT2D eigenvalue weighted by Crippen LogP contribution is -2.13. The molecule has 25 heavy (non-hydrogen) atoms. The molecule has 7 nitrogen and oxygen atoms in total. The third-order valence-corrected chi connectivity index (χ3v) is 4.09. The number of pyridine rings is 1. The van der Waals surface area contributed by atoms with Gasteiger partial charge in [-0.15, -0.1) is 0 Å². The predicted molar refractivity (Wildman–Crippen MR) is 92.0 cm³/mol. The molecule has 3 aromatic rings. The Morgan fingerprint density at radius 2 is 2.16 bits per heavy atom. The molecule has 0 saturated heterocycles. The highest BCUT2D eigenvalue weighted by Crippen LogP contribution is 2.30. The highest BCUT2D eigenvalue weighted by Gasteiger charge is 2.15. The zero-order valence-electron chi connectivity index (χ0n) is 13.6. The van der Waals surface area contributed by atoms with E-state index in [1.807, 2.05) is 18.2 Å². The predicted octanol–water partition coefficient (Wildman–Crippen LogP) is 2.67. The molecule has 0 fully saturated rings. The van der Waals surface area contributed by atoms with Gasteiger partial charge in [-0.05, 0) is 29.3 Å². The summed E-state index contributed by atoms with van der Waals surface area (Å²) in [6.07, 6.45) is 5.66. The van der Waals surface area contributed by atoms with Crippen LogP contribution in [0.4, 0.5) is 5.82 Å². The fourth-order valence-corrected chi connectivity index (χ4v) is 2.79. The summed E-state index contributed by atoms with van der Waals surface area (Å²) < 4.78 is 10.7. The Morgan fingerprint density at radius 1 is 1.24 bits per heavy atom. The summed E-state index contributed by atoms with van der Waals surface area (Å²) in [5, 5.41) is 9.27. The molecule has 1 aliphatic rings. The van der Waals surface area contributed by atoms with Crippen molar-refractivity contribution in [2.45, 2.75) is 6.42 Å². The summed E-state index contributed by atoms with van der Waals surface area (Å²) in [5.41, 5.74) is 3.50. The van der Waals surface area contributed by atoms with Gasteiger partial charge in [0.15, 0.2) is 11.6 Å². The molecule has 1 aliphatic heterocycles. The number of aromatic amines is 1. The van der Waals surface area contributed by atoms with Gasteiger partial charge in [-0.2, -0.15) is 5.10 Å². The maximum Gasteiger partial charge on any atom is 0.258 e. The van der Waals surface area contributed by atoms with Crippen molar-refractivity contribution >= 4 is 11.7 Å². The number of fused-ring (bicyclic) bond motifs is 1. The molecule has 2 aromatic heterocycles. The number of carbonyl (C=O) groups is 1. The average molecular weight is 336 g/mol. The summed E-state index contributed by atoms with van der Waals surface area (Å²) in [5.74, 6) is 1.52. The Hall–Kier alpha value is -3.35. The van der Waals surface area contributed by atoms with Crippen molar-refractivity contribution in [1.82, 2.24) is 15.2 Å². The lowest BCUT2D eigenvalue weighted by Gasteiger charge is -2.08. The van der Waals surface area contributed by atoms with Crippen LogP contribution in [0.3, 0.4) is 0 Å². The number of amides is 1. The minimum absolute atomic E-state index is 0.290. The number of anilines is 1. The molecule has 126 valence electrons. The first kappa shape index (κ1) is 15.2. The number of ether oxygens (including phenoxy) is 2. The number of rotatable bonds is 4. The summed E-state index contributed by atoms with van der Waals surface area (Å²) in [6.45, 7) is 0.714. The molecule has 0 saturated carbocycles. The van der Waals surface area contributed by atoms with Gasteiger partial charge in [0.25, 0.3) is 5.91 Å². The molecule has 3 heterocycles. The van der Waals surface area contributed by atoms with Gasteiger partial charge in [0.05, 0.1) is 25.5 Å².